The maximum atomic E-state index is 12.2. The van der Waals surface area contributed by atoms with Crippen molar-refractivity contribution in [3.05, 3.63) is 46.0 Å². The number of carbonyl (C=O) groups excluding carboxylic acids is 1. The van der Waals surface area contributed by atoms with E-state index in [1.807, 2.05) is 31.2 Å². The van der Waals surface area contributed by atoms with Gasteiger partial charge < -0.3 is 0 Å². The van der Waals surface area contributed by atoms with Crippen LogP contribution in [0.3, 0.4) is 0 Å². The molecule has 0 radical (unpaired) electrons. The van der Waals surface area contributed by atoms with Gasteiger partial charge in [0, 0.05) is 10.4 Å². The van der Waals surface area contributed by atoms with Crippen molar-refractivity contribution in [3.63, 3.8) is 0 Å². The third-order valence-electron chi connectivity index (χ3n) is 3.72. The van der Waals surface area contributed by atoms with Gasteiger partial charge in [0.2, 0.25) is 0 Å². The number of amides is 1. The molecular formula is C16H18N2OS. The van der Waals surface area contributed by atoms with Gasteiger partial charge in [-0.2, -0.15) is 0 Å². The van der Waals surface area contributed by atoms with Crippen LogP contribution in [0.4, 0.5) is 5.13 Å². The highest BCUT2D eigenvalue weighted by molar-refractivity contribution is 7.15. The second kappa shape index (κ2) is 5.37. The van der Waals surface area contributed by atoms with E-state index < -0.39 is 0 Å². The van der Waals surface area contributed by atoms with Gasteiger partial charge >= 0.3 is 0 Å². The van der Waals surface area contributed by atoms with Gasteiger partial charge in [-0.25, -0.2) is 4.98 Å². The molecule has 3 nitrogen and oxygen atoms in total. The SMILES string of the molecule is Cc1ccc(C(=O)Nc2nc3c(s2)C[C@@H](C)CC3)cc1. The predicted molar refractivity (Wildman–Crippen MR) is 82.4 cm³/mol. The van der Waals surface area contributed by atoms with Crippen LogP contribution in [0.2, 0.25) is 0 Å². The molecule has 3 rings (SSSR count). The monoisotopic (exact) mass is 286 g/mol. The molecule has 1 aliphatic carbocycles. The van der Waals surface area contributed by atoms with Crippen LogP contribution in [0.5, 0.6) is 0 Å². The van der Waals surface area contributed by atoms with Gasteiger partial charge in [-0.05, 0) is 44.2 Å². The molecule has 0 unspecified atom stereocenters. The maximum absolute atomic E-state index is 12.2. The molecule has 0 fully saturated rings. The van der Waals surface area contributed by atoms with Gasteiger partial charge in [0.25, 0.3) is 5.91 Å². The van der Waals surface area contributed by atoms with Crippen molar-refractivity contribution in [1.29, 1.82) is 0 Å². The zero-order chi connectivity index (χ0) is 14.1. The fraction of sp³-hybridized carbons (Fsp3) is 0.375. The van der Waals surface area contributed by atoms with Crippen molar-refractivity contribution in [1.82, 2.24) is 4.98 Å². The topological polar surface area (TPSA) is 42.0 Å². The fourth-order valence-corrected chi connectivity index (χ4v) is 3.63. The van der Waals surface area contributed by atoms with Crippen molar-refractivity contribution in [2.75, 3.05) is 5.32 Å². The number of benzene rings is 1. The Kier molecular flexibility index (Phi) is 3.57. The van der Waals surface area contributed by atoms with Crippen molar-refractivity contribution in [2.24, 2.45) is 5.92 Å². The number of aromatic nitrogens is 1. The molecule has 104 valence electrons. The lowest BCUT2D eigenvalue weighted by atomic mass is 9.93. The zero-order valence-electron chi connectivity index (χ0n) is 11.8. The highest BCUT2D eigenvalue weighted by atomic mass is 32.1. The number of anilines is 1. The Bertz CT molecular complexity index is 630. The standard InChI is InChI=1S/C16H18N2OS/c1-10-3-6-12(7-4-10)15(19)18-16-17-13-8-5-11(2)9-14(13)20-16/h3-4,6-7,11H,5,8-9H2,1-2H3,(H,17,18,19)/t11-/m0/s1. The highest BCUT2D eigenvalue weighted by Crippen LogP contribution is 2.32. The zero-order valence-corrected chi connectivity index (χ0v) is 12.6. The Labute approximate surface area is 123 Å². The smallest absolute Gasteiger partial charge is 0.257 e. The fourth-order valence-electron chi connectivity index (χ4n) is 2.47. The van der Waals surface area contributed by atoms with Crippen LogP contribution in [0.15, 0.2) is 24.3 Å². The van der Waals surface area contributed by atoms with Crippen molar-refractivity contribution >= 4 is 22.4 Å². The van der Waals surface area contributed by atoms with Crippen LogP contribution < -0.4 is 5.32 Å². The molecule has 20 heavy (non-hydrogen) atoms. The summed E-state index contributed by atoms with van der Waals surface area (Å²) in [7, 11) is 0. The molecule has 0 saturated carbocycles. The largest absolute Gasteiger partial charge is 0.298 e. The Morgan fingerprint density at radius 3 is 2.85 bits per heavy atom. The van der Waals surface area contributed by atoms with E-state index in [1.165, 1.54) is 17.0 Å². The van der Waals surface area contributed by atoms with Crippen LogP contribution in [0.1, 0.15) is 39.8 Å². The third-order valence-corrected chi connectivity index (χ3v) is 4.76. The summed E-state index contributed by atoms with van der Waals surface area (Å²) in [6.45, 7) is 4.28. The molecule has 2 aromatic rings. The van der Waals surface area contributed by atoms with E-state index in [4.69, 9.17) is 0 Å². The molecule has 0 bridgehead atoms. The van der Waals surface area contributed by atoms with E-state index in [9.17, 15) is 4.79 Å². The van der Waals surface area contributed by atoms with Gasteiger partial charge in [0.15, 0.2) is 5.13 Å². The highest BCUT2D eigenvalue weighted by Gasteiger charge is 2.20. The quantitative estimate of drug-likeness (QED) is 0.911. The van der Waals surface area contributed by atoms with E-state index in [2.05, 4.69) is 17.2 Å². The van der Waals surface area contributed by atoms with Crippen molar-refractivity contribution in [3.8, 4) is 0 Å². The number of fused-ring (bicyclic) bond motifs is 1. The molecule has 0 spiro atoms. The summed E-state index contributed by atoms with van der Waals surface area (Å²) in [5.74, 6) is 0.646. The average molecular weight is 286 g/mol. The van der Waals surface area contributed by atoms with E-state index in [0.29, 0.717) is 5.56 Å². The van der Waals surface area contributed by atoms with Crippen molar-refractivity contribution in [2.45, 2.75) is 33.1 Å². The van der Waals surface area contributed by atoms with E-state index >= 15 is 0 Å². The first-order valence-electron chi connectivity index (χ1n) is 6.98. The van der Waals surface area contributed by atoms with Crippen LogP contribution in [0, 0.1) is 12.8 Å². The summed E-state index contributed by atoms with van der Waals surface area (Å²) in [5, 5.41) is 3.65. The van der Waals surface area contributed by atoms with Gasteiger partial charge in [-0.1, -0.05) is 24.6 Å². The first-order chi connectivity index (χ1) is 9.61. The lowest BCUT2D eigenvalue weighted by Crippen LogP contribution is -2.11. The summed E-state index contributed by atoms with van der Waals surface area (Å²) < 4.78 is 0. The molecule has 1 N–H and O–H groups in total. The molecular weight excluding hydrogens is 268 g/mol. The summed E-state index contributed by atoms with van der Waals surface area (Å²) in [6, 6.07) is 7.59. The second-order valence-corrected chi connectivity index (χ2v) is 6.64. The lowest BCUT2D eigenvalue weighted by Gasteiger charge is -2.15. The number of carbonyl (C=O) groups is 1. The molecule has 1 aromatic carbocycles. The van der Waals surface area contributed by atoms with Crippen LogP contribution in [0.25, 0.3) is 0 Å². The summed E-state index contributed by atoms with van der Waals surface area (Å²) in [6.07, 6.45) is 3.32. The molecule has 1 aromatic heterocycles. The summed E-state index contributed by atoms with van der Waals surface area (Å²) in [5.41, 5.74) is 3.00. The number of thiazole rings is 1. The molecule has 0 saturated heterocycles. The van der Waals surface area contributed by atoms with Gasteiger partial charge in [0.05, 0.1) is 5.69 Å². The van der Waals surface area contributed by atoms with Gasteiger partial charge in [0.1, 0.15) is 0 Å². The summed E-state index contributed by atoms with van der Waals surface area (Å²) >= 11 is 1.62. The third kappa shape index (κ3) is 2.75. The minimum atomic E-state index is -0.0795. The summed E-state index contributed by atoms with van der Waals surface area (Å²) in [4.78, 5) is 18.0. The number of aryl methyl sites for hydroxylation is 2. The van der Waals surface area contributed by atoms with E-state index in [1.54, 1.807) is 11.3 Å². The molecule has 4 heteroatoms. The minimum Gasteiger partial charge on any atom is -0.298 e. The number of hydrogen-bond donors (Lipinski definition) is 1. The van der Waals surface area contributed by atoms with Crippen LogP contribution in [-0.4, -0.2) is 10.9 Å². The van der Waals surface area contributed by atoms with Crippen LogP contribution in [-0.2, 0) is 12.8 Å². The van der Waals surface area contributed by atoms with Crippen LogP contribution >= 0.6 is 11.3 Å². The number of nitrogens with one attached hydrogen (secondary N) is 1. The normalized spacial score (nSPS) is 17.6. The Hall–Kier alpha value is -1.68. The van der Waals surface area contributed by atoms with E-state index in [0.717, 1.165) is 29.5 Å². The predicted octanol–water partition coefficient (Wildman–Crippen LogP) is 3.83. The second-order valence-electron chi connectivity index (χ2n) is 5.56. The Morgan fingerprint density at radius 1 is 1.35 bits per heavy atom. The lowest BCUT2D eigenvalue weighted by molar-refractivity contribution is 0.102. The number of rotatable bonds is 2. The molecule has 1 amide bonds. The number of nitrogens with zero attached hydrogens (tertiary/aromatic N) is 1. The molecule has 1 aliphatic rings. The Balaban J connectivity index is 1.75. The maximum Gasteiger partial charge on any atom is 0.257 e. The Morgan fingerprint density at radius 2 is 2.10 bits per heavy atom. The van der Waals surface area contributed by atoms with Gasteiger partial charge in [-0.15, -0.1) is 11.3 Å². The van der Waals surface area contributed by atoms with E-state index in [-0.39, 0.29) is 5.91 Å². The average Bonchev–Trinajstić information content (AvgIpc) is 2.80. The molecule has 0 aliphatic heterocycles. The minimum absolute atomic E-state index is 0.0795. The number of hydrogen-bond acceptors (Lipinski definition) is 3. The van der Waals surface area contributed by atoms with Gasteiger partial charge in [-0.3, -0.25) is 10.1 Å². The first kappa shape index (κ1) is 13.3. The van der Waals surface area contributed by atoms with Crippen molar-refractivity contribution < 1.29 is 4.79 Å². The molecule has 1 heterocycles. The first-order valence-corrected chi connectivity index (χ1v) is 7.80. The molecule has 1 atom stereocenters.